The Morgan fingerprint density at radius 1 is 1.04 bits per heavy atom. The highest BCUT2D eigenvalue weighted by molar-refractivity contribution is 9.10. The zero-order valence-corrected chi connectivity index (χ0v) is 14.8. The van der Waals surface area contributed by atoms with Gasteiger partial charge in [0.1, 0.15) is 5.75 Å². The number of aryl methyl sites for hydroxylation is 1. The molecule has 0 saturated heterocycles. The second kappa shape index (κ2) is 7.27. The standard InChI is InChI=1S/C17H16BrN5O/c1-11-8-13(6-7-15(11)18)20-16-10-19-23-17(22-16)21-12-4-3-5-14(9-12)24-2/h3-10H,1-2H3,(H2,20,21,22,23). The van der Waals surface area contributed by atoms with Gasteiger partial charge in [0, 0.05) is 21.9 Å². The molecule has 1 heterocycles. The van der Waals surface area contributed by atoms with Crippen molar-refractivity contribution in [1.82, 2.24) is 15.2 Å². The second-order valence-electron chi connectivity index (χ2n) is 5.11. The maximum atomic E-state index is 5.20. The minimum absolute atomic E-state index is 0.405. The zero-order chi connectivity index (χ0) is 16.9. The number of methoxy groups -OCH3 is 1. The predicted octanol–water partition coefficient (Wildman–Crippen LogP) is 4.44. The molecule has 0 unspecified atom stereocenters. The third-order valence-corrected chi connectivity index (χ3v) is 4.20. The normalized spacial score (nSPS) is 10.3. The van der Waals surface area contributed by atoms with E-state index in [1.165, 1.54) is 0 Å². The molecule has 6 nitrogen and oxygen atoms in total. The molecule has 24 heavy (non-hydrogen) atoms. The molecule has 0 radical (unpaired) electrons. The summed E-state index contributed by atoms with van der Waals surface area (Å²) in [6.07, 6.45) is 1.58. The lowest BCUT2D eigenvalue weighted by Crippen LogP contribution is -2.02. The molecule has 2 N–H and O–H groups in total. The molecule has 0 atom stereocenters. The minimum Gasteiger partial charge on any atom is -0.497 e. The van der Waals surface area contributed by atoms with Crippen LogP contribution in [-0.2, 0) is 0 Å². The lowest BCUT2D eigenvalue weighted by Gasteiger charge is -2.09. The Bertz CT molecular complexity index is 856. The van der Waals surface area contributed by atoms with Crippen LogP contribution in [0, 0.1) is 6.92 Å². The first-order valence-electron chi connectivity index (χ1n) is 7.28. The van der Waals surface area contributed by atoms with E-state index in [1.54, 1.807) is 13.3 Å². The summed E-state index contributed by atoms with van der Waals surface area (Å²) in [7, 11) is 1.63. The maximum Gasteiger partial charge on any atom is 0.249 e. The van der Waals surface area contributed by atoms with Gasteiger partial charge in [0.25, 0.3) is 0 Å². The van der Waals surface area contributed by atoms with Gasteiger partial charge in [-0.25, -0.2) is 0 Å². The molecule has 0 amide bonds. The number of hydrogen-bond donors (Lipinski definition) is 2. The van der Waals surface area contributed by atoms with Crippen molar-refractivity contribution in [2.45, 2.75) is 6.92 Å². The summed E-state index contributed by atoms with van der Waals surface area (Å²) in [5.41, 5.74) is 2.90. The van der Waals surface area contributed by atoms with Gasteiger partial charge in [0.2, 0.25) is 5.95 Å². The van der Waals surface area contributed by atoms with Gasteiger partial charge in [-0.2, -0.15) is 10.1 Å². The van der Waals surface area contributed by atoms with Gasteiger partial charge in [-0.15, -0.1) is 5.10 Å². The highest BCUT2D eigenvalue weighted by atomic mass is 79.9. The van der Waals surface area contributed by atoms with Crippen LogP contribution in [0.3, 0.4) is 0 Å². The molecule has 0 aliphatic carbocycles. The molecule has 3 rings (SSSR count). The summed E-state index contributed by atoms with van der Waals surface area (Å²) in [6.45, 7) is 2.03. The number of nitrogens with one attached hydrogen (secondary N) is 2. The van der Waals surface area contributed by atoms with Gasteiger partial charge in [-0.05, 0) is 42.8 Å². The summed E-state index contributed by atoms with van der Waals surface area (Å²) in [5, 5.41) is 14.3. The van der Waals surface area contributed by atoms with Crippen molar-refractivity contribution in [3.05, 3.63) is 58.7 Å². The van der Waals surface area contributed by atoms with Crippen molar-refractivity contribution in [2.75, 3.05) is 17.7 Å². The largest absolute Gasteiger partial charge is 0.497 e. The monoisotopic (exact) mass is 385 g/mol. The summed E-state index contributed by atoms with van der Waals surface area (Å²) in [5.74, 6) is 1.77. The van der Waals surface area contributed by atoms with Crippen LogP contribution in [0.4, 0.5) is 23.1 Å². The van der Waals surface area contributed by atoms with Crippen molar-refractivity contribution < 1.29 is 4.74 Å². The van der Waals surface area contributed by atoms with Crippen LogP contribution < -0.4 is 15.4 Å². The third-order valence-electron chi connectivity index (χ3n) is 3.32. The van der Waals surface area contributed by atoms with E-state index >= 15 is 0 Å². The van der Waals surface area contributed by atoms with E-state index in [1.807, 2.05) is 49.4 Å². The average Bonchev–Trinajstić information content (AvgIpc) is 2.59. The van der Waals surface area contributed by atoms with Crippen molar-refractivity contribution in [2.24, 2.45) is 0 Å². The fourth-order valence-corrected chi connectivity index (χ4v) is 2.36. The molecule has 122 valence electrons. The molecule has 0 spiro atoms. The number of rotatable bonds is 5. The second-order valence-corrected chi connectivity index (χ2v) is 5.97. The first-order chi connectivity index (χ1) is 11.6. The Morgan fingerprint density at radius 3 is 2.67 bits per heavy atom. The van der Waals surface area contributed by atoms with E-state index in [0.717, 1.165) is 27.2 Å². The quantitative estimate of drug-likeness (QED) is 0.676. The van der Waals surface area contributed by atoms with Crippen LogP contribution >= 0.6 is 15.9 Å². The molecular formula is C17H16BrN5O. The van der Waals surface area contributed by atoms with Gasteiger partial charge >= 0.3 is 0 Å². The van der Waals surface area contributed by atoms with Gasteiger partial charge in [-0.1, -0.05) is 22.0 Å². The SMILES string of the molecule is COc1cccc(Nc2nncc(Nc3ccc(Br)c(C)c3)n2)c1. The number of anilines is 4. The molecule has 3 aromatic rings. The molecule has 0 fully saturated rings. The van der Waals surface area contributed by atoms with E-state index in [4.69, 9.17) is 4.74 Å². The smallest absolute Gasteiger partial charge is 0.249 e. The number of ether oxygens (including phenoxy) is 1. The average molecular weight is 386 g/mol. The number of halogens is 1. The van der Waals surface area contributed by atoms with Gasteiger partial charge in [0.15, 0.2) is 5.82 Å². The first kappa shape index (κ1) is 16.2. The summed E-state index contributed by atoms with van der Waals surface area (Å²) in [4.78, 5) is 4.42. The van der Waals surface area contributed by atoms with Crippen LogP contribution in [0.2, 0.25) is 0 Å². The van der Waals surface area contributed by atoms with E-state index in [-0.39, 0.29) is 0 Å². The number of nitrogens with zero attached hydrogens (tertiary/aromatic N) is 3. The zero-order valence-electron chi connectivity index (χ0n) is 13.2. The van der Waals surface area contributed by atoms with Gasteiger partial charge in [0.05, 0.1) is 13.3 Å². The number of benzene rings is 2. The predicted molar refractivity (Wildman–Crippen MR) is 98.3 cm³/mol. The van der Waals surface area contributed by atoms with Crippen LogP contribution in [0.1, 0.15) is 5.56 Å². The maximum absolute atomic E-state index is 5.20. The van der Waals surface area contributed by atoms with Gasteiger partial charge in [-0.3, -0.25) is 0 Å². The van der Waals surface area contributed by atoms with E-state index in [2.05, 4.69) is 41.7 Å². The summed E-state index contributed by atoms with van der Waals surface area (Å²) in [6, 6.07) is 13.5. The molecule has 2 aromatic carbocycles. The van der Waals surface area contributed by atoms with Crippen molar-refractivity contribution in [3.8, 4) is 5.75 Å². The van der Waals surface area contributed by atoms with Crippen LogP contribution in [0.15, 0.2) is 53.1 Å². The van der Waals surface area contributed by atoms with E-state index in [0.29, 0.717) is 11.8 Å². The van der Waals surface area contributed by atoms with Gasteiger partial charge < -0.3 is 15.4 Å². The van der Waals surface area contributed by atoms with Crippen molar-refractivity contribution >= 4 is 39.1 Å². The van der Waals surface area contributed by atoms with Crippen LogP contribution in [-0.4, -0.2) is 22.3 Å². The van der Waals surface area contributed by atoms with Crippen molar-refractivity contribution in [3.63, 3.8) is 0 Å². The molecular weight excluding hydrogens is 370 g/mol. The molecule has 0 aliphatic rings. The highest BCUT2D eigenvalue weighted by Crippen LogP contribution is 2.23. The van der Waals surface area contributed by atoms with Crippen molar-refractivity contribution in [1.29, 1.82) is 0 Å². The Morgan fingerprint density at radius 2 is 1.88 bits per heavy atom. The Labute approximate surface area is 148 Å². The van der Waals surface area contributed by atoms with Crippen LogP contribution in [0.5, 0.6) is 5.75 Å². The summed E-state index contributed by atoms with van der Waals surface area (Å²) < 4.78 is 6.27. The lowest BCUT2D eigenvalue weighted by molar-refractivity contribution is 0.415. The molecule has 0 bridgehead atoms. The molecule has 1 aromatic heterocycles. The fourth-order valence-electron chi connectivity index (χ4n) is 2.12. The molecule has 0 saturated carbocycles. The minimum atomic E-state index is 0.405. The highest BCUT2D eigenvalue weighted by Gasteiger charge is 2.04. The first-order valence-corrected chi connectivity index (χ1v) is 8.07. The third kappa shape index (κ3) is 3.99. The summed E-state index contributed by atoms with van der Waals surface area (Å²) >= 11 is 3.49. The fraction of sp³-hybridized carbons (Fsp3) is 0.118. The Hall–Kier alpha value is -2.67. The number of hydrogen-bond acceptors (Lipinski definition) is 6. The Kier molecular flexibility index (Phi) is 4.90. The molecule has 7 heteroatoms. The van der Waals surface area contributed by atoms with Crippen LogP contribution in [0.25, 0.3) is 0 Å². The Balaban J connectivity index is 1.77. The topological polar surface area (TPSA) is 72.0 Å². The van der Waals surface area contributed by atoms with E-state index in [9.17, 15) is 0 Å². The lowest BCUT2D eigenvalue weighted by atomic mass is 10.2. The molecule has 0 aliphatic heterocycles. The number of aromatic nitrogens is 3. The van der Waals surface area contributed by atoms with E-state index < -0.39 is 0 Å².